The summed E-state index contributed by atoms with van der Waals surface area (Å²) in [5.41, 5.74) is 7.60. The third kappa shape index (κ3) is 4.35. The maximum Gasteiger partial charge on any atom is 0.410 e. The topological polar surface area (TPSA) is 98.3 Å². The van der Waals surface area contributed by atoms with Crippen LogP contribution in [-0.4, -0.2) is 66.0 Å². The van der Waals surface area contributed by atoms with E-state index >= 15 is 0 Å². The number of ether oxygens (including phenoxy) is 1. The van der Waals surface area contributed by atoms with Gasteiger partial charge in [-0.15, -0.1) is 0 Å². The van der Waals surface area contributed by atoms with Crippen molar-refractivity contribution in [3.63, 3.8) is 0 Å². The summed E-state index contributed by atoms with van der Waals surface area (Å²) in [5, 5.41) is 3.37. The van der Waals surface area contributed by atoms with Crippen molar-refractivity contribution in [2.75, 3.05) is 38.0 Å². The maximum absolute atomic E-state index is 12.4. The van der Waals surface area contributed by atoms with Crippen molar-refractivity contribution in [3.05, 3.63) is 29.3 Å². The van der Waals surface area contributed by atoms with E-state index in [1.807, 2.05) is 39.0 Å². The van der Waals surface area contributed by atoms with Gasteiger partial charge in [0.1, 0.15) is 17.6 Å². The van der Waals surface area contributed by atoms with E-state index in [9.17, 15) is 9.59 Å². The summed E-state index contributed by atoms with van der Waals surface area (Å²) in [5.74, 6) is 0.697. The highest BCUT2D eigenvalue weighted by Gasteiger charge is 2.31. The van der Waals surface area contributed by atoms with Crippen molar-refractivity contribution in [3.8, 4) is 0 Å². The van der Waals surface area contributed by atoms with E-state index in [0.29, 0.717) is 25.2 Å². The predicted octanol–water partition coefficient (Wildman–Crippen LogP) is 1.70. The summed E-state index contributed by atoms with van der Waals surface area (Å²) >= 11 is 0. The van der Waals surface area contributed by atoms with E-state index in [4.69, 9.17) is 9.73 Å². The molecule has 1 aromatic rings. The van der Waals surface area contributed by atoms with Gasteiger partial charge in [0.05, 0.1) is 6.54 Å². The summed E-state index contributed by atoms with van der Waals surface area (Å²) < 4.78 is 5.50. The molecule has 1 fully saturated rings. The molecule has 0 saturated carbocycles. The molecule has 29 heavy (non-hydrogen) atoms. The molecule has 0 spiro atoms. The molecular formula is C20H28N6O3. The molecule has 1 aromatic carbocycles. The molecule has 3 heterocycles. The Balaban J connectivity index is 1.40. The highest BCUT2D eigenvalue weighted by atomic mass is 16.6. The molecule has 0 aliphatic carbocycles. The van der Waals surface area contributed by atoms with Gasteiger partial charge in [-0.1, -0.05) is 6.07 Å². The number of hydrogen-bond acceptors (Lipinski definition) is 7. The zero-order valence-corrected chi connectivity index (χ0v) is 17.1. The molecule has 1 saturated heterocycles. The van der Waals surface area contributed by atoms with Crippen molar-refractivity contribution in [1.82, 2.24) is 20.7 Å². The van der Waals surface area contributed by atoms with Gasteiger partial charge in [0.15, 0.2) is 0 Å². The van der Waals surface area contributed by atoms with Gasteiger partial charge in [-0.2, -0.15) is 0 Å². The lowest BCUT2D eigenvalue weighted by Crippen LogP contribution is -2.48. The number of hydrogen-bond donors (Lipinski definition) is 3. The van der Waals surface area contributed by atoms with Crippen molar-refractivity contribution in [2.45, 2.75) is 39.0 Å². The van der Waals surface area contributed by atoms with Gasteiger partial charge in [0, 0.05) is 43.0 Å². The number of rotatable bonds is 2. The van der Waals surface area contributed by atoms with Crippen LogP contribution in [0, 0.1) is 0 Å². The number of nitrogens with one attached hydrogen (secondary N) is 3. The first-order chi connectivity index (χ1) is 13.8. The number of amides is 2. The number of aliphatic imine (C=N–C) groups is 1. The van der Waals surface area contributed by atoms with Gasteiger partial charge < -0.3 is 15.0 Å². The molecule has 3 aliphatic heterocycles. The number of amidine groups is 1. The number of nitrogens with zero attached hydrogens (tertiary/aromatic N) is 3. The van der Waals surface area contributed by atoms with Gasteiger partial charge >= 0.3 is 6.09 Å². The molecule has 3 aliphatic rings. The first-order valence-corrected chi connectivity index (χ1v) is 10.0. The van der Waals surface area contributed by atoms with Gasteiger partial charge in [-0.3, -0.25) is 15.1 Å². The SMILES string of the molecule is CC(C)(C)OC(=O)N1CCCN(CC2=NC3NNC(=O)c4cccc(c43)N2)CC1. The van der Waals surface area contributed by atoms with Gasteiger partial charge in [-0.25, -0.2) is 15.2 Å². The first kappa shape index (κ1) is 19.7. The lowest BCUT2D eigenvalue weighted by molar-refractivity contribution is 0.0258. The van der Waals surface area contributed by atoms with E-state index in [-0.39, 0.29) is 18.2 Å². The molecule has 0 aromatic heterocycles. The third-order valence-corrected chi connectivity index (χ3v) is 5.12. The van der Waals surface area contributed by atoms with E-state index < -0.39 is 5.60 Å². The highest BCUT2D eigenvalue weighted by Crippen LogP contribution is 2.33. The van der Waals surface area contributed by atoms with Crippen LogP contribution in [0.3, 0.4) is 0 Å². The van der Waals surface area contributed by atoms with Gasteiger partial charge in [0.2, 0.25) is 0 Å². The fourth-order valence-corrected chi connectivity index (χ4v) is 3.81. The number of hydrazine groups is 1. The van der Waals surface area contributed by atoms with Crippen molar-refractivity contribution in [2.24, 2.45) is 4.99 Å². The second-order valence-corrected chi connectivity index (χ2v) is 8.57. The summed E-state index contributed by atoms with van der Waals surface area (Å²) in [4.78, 5) is 33.2. The monoisotopic (exact) mass is 400 g/mol. The summed E-state index contributed by atoms with van der Waals surface area (Å²) in [7, 11) is 0. The Hall–Kier alpha value is -2.65. The molecule has 1 unspecified atom stereocenters. The Morgan fingerprint density at radius 1 is 1.24 bits per heavy atom. The molecule has 2 amide bonds. The second-order valence-electron chi connectivity index (χ2n) is 8.57. The zero-order valence-electron chi connectivity index (χ0n) is 17.1. The second kappa shape index (κ2) is 7.64. The van der Waals surface area contributed by atoms with Crippen molar-refractivity contribution >= 4 is 23.5 Å². The molecule has 9 heteroatoms. The Morgan fingerprint density at radius 2 is 2.07 bits per heavy atom. The summed E-state index contributed by atoms with van der Waals surface area (Å²) in [6.07, 6.45) is 0.335. The molecule has 0 radical (unpaired) electrons. The quantitative estimate of drug-likeness (QED) is 0.699. The van der Waals surface area contributed by atoms with Crippen LogP contribution in [0.25, 0.3) is 0 Å². The number of anilines is 1. The minimum atomic E-state index is -0.488. The molecule has 4 rings (SSSR count). The Kier molecular flexibility index (Phi) is 5.18. The van der Waals surface area contributed by atoms with Gasteiger partial charge in [-0.05, 0) is 39.3 Å². The van der Waals surface area contributed by atoms with Crippen LogP contribution in [0.4, 0.5) is 10.5 Å². The fraction of sp³-hybridized carbons (Fsp3) is 0.550. The van der Waals surface area contributed by atoms with Crippen molar-refractivity contribution < 1.29 is 14.3 Å². The molecular weight excluding hydrogens is 372 g/mol. The lowest BCUT2D eigenvalue weighted by Gasteiger charge is -2.32. The summed E-state index contributed by atoms with van der Waals surface area (Å²) in [6, 6.07) is 5.65. The van der Waals surface area contributed by atoms with Crippen LogP contribution in [0.1, 0.15) is 49.3 Å². The van der Waals surface area contributed by atoms with E-state index in [2.05, 4.69) is 21.1 Å². The van der Waals surface area contributed by atoms with Crippen LogP contribution in [-0.2, 0) is 4.74 Å². The largest absolute Gasteiger partial charge is 0.444 e. The molecule has 9 nitrogen and oxygen atoms in total. The first-order valence-electron chi connectivity index (χ1n) is 10.0. The molecule has 1 atom stereocenters. The smallest absolute Gasteiger partial charge is 0.410 e. The molecule has 0 bridgehead atoms. The lowest BCUT2D eigenvalue weighted by atomic mass is 9.99. The predicted molar refractivity (Wildman–Crippen MR) is 110 cm³/mol. The van der Waals surface area contributed by atoms with E-state index in [1.165, 1.54) is 0 Å². The van der Waals surface area contributed by atoms with Crippen LogP contribution in [0.5, 0.6) is 0 Å². The van der Waals surface area contributed by atoms with E-state index in [1.54, 1.807) is 4.90 Å². The van der Waals surface area contributed by atoms with Crippen LogP contribution in [0.2, 0.25) is 0 Å². The standard InChI is InChI=1S/C20H28N6O3/c1-20(2,3)29-19(28)26-9-5-8-25(10-11-26)12-15-21-14-7-4-6-13-16(14)17(22-15)23-24-18(13)27/h4,6-7,17,23H,5,8-12H2,1-3H3,(H,21,22)(H,24,27). The van der Waals surface area contributed by atoms with E-state index in [0.717, 1.165) is 36.6 Å². The van der Waals surface area contributed by atoms with Crippen LogP contribution < -0.4 is 16.2 Å². The zero-order chi connectivity index (χ0) is 20.6. The minimum absolute atomic E-state index is 0.145. The van der Waals surface area contributed by atoms with Gasteiger partial charge in [0.25, 0.3) is 5.91 Å². The highest BCUT2D eigenvalue weighted by molar-refractivity contribution is 6.04. The number of carbonyl (C=O) groups is 2. The Labute approximate surface area is 170 Å². The number of benzene rings is 1. The minimum Gasteiger partial charge on any atom is -0.444 e. The average molecular weight is 400 g/mol. The normalized spacial score (nSPS) is 22.0. The third-order valence-electron chi connectivity index (χ3n) is 5.12. The van der Waals surface area contributed by atoms with Crippen LogP contribution >= 0.6 is 0 Å². The fourth-order valence-electron chi connectivity index (χ4n) is 3.81. The average Bonchev–Trinajstić information content (AvgIpc) is 2.89. The molecule has 3 N–H and O–H groups in total. The maximum atomic E-state index is 12.4. The Morgan fingerprint density at radius 3 is 2.86 bits per heavy atom. The number of carbonyl (C=O) groups excluding carboxylic acids is 2. The Bertz CT molecular complexity index is 847. The molecule has 156 valence electrons. The van der Waals surface area contributed by atoms with Crippen molar-refractivity contribution in [1.29, 1.82) is 0 Å². The summed E-state index contributed by atoms with van der Waals surface area (Å²) in [6.45, 7) is 9.24. The van der Waals surface area contributed by atoms with Crippen LogP contribution in [0.15, 0.2) is 23.2 Å².